The average molecular weight is 191 g/mol. The van der Waals surface area contributed by atoms with Gasteiger partial charge in [0.15, 0.2) is 5.76 Å². The molecule has 2 aromatic heterocycles. The Labute approximate surface area is 80.4 Å². The van der Waals surface area contributed by atoms with Crippen molar-refractivity contribution < 1.29 is 9.21 Å². The van der Waals surface area contributed by atoms with E-state index in [1.165, 1.54) is 11.0 Å². The van der Waals surface area contributed by atoms with Crippen molar-refractivity contribution in [2.24, 2.45) is 7.05 Å². The molecule has 2 aromatic rings. The van der Waals surface area contributed by atoms with Gasteiger partial charge in [-0.1, -0.05) is 0 Å². The van der Waals surface area contributed by atoms with E-state index in [9.17, 15) is 4.79 Å². The fourth-order valence-corrected chi connectivity index (χ4v) is 1.17. The maximum atomic E-state index is 11.7. The van der Waals surface area contributed by atoms with Crippen molar-refractivity contribution in [1.29, 1.82) is 0 Å². The Balaban J connectivity index is 2.38. The van der Waals surface area contributed by atoms with Crippen molar-refractivity contribution in [3.63, 3.8) is 0 Å². The van der Waals surface area contributed by atoms with Gasteiger partial charge in [-0.05, 0) is 19.1 Å². The number of ketones is 1. The molecule has 0 unspecified atom stereocenters. The summed E-state index contributed by atoms with van der Waals surface area (Å²) in [4.78, 5) is 15.6. The molecule has 2 heterocycles. The summed E-state index contributed by atoms with van der Waals surface area (Å²) in [6, 6.07) is 3.37. The minimum Gasteiger partial charge on any atom is -0.458 e. The monoisotopic (exact) mass is 191 g/mol. The van der Waals surface area contributed by atoms with Crippen LogP contribution in [0.25, 0.3) is 0 Å². The highest BCUT2D eigenvalue weighted by Gasteiger charge is 2.17. The van der Waals surface area contributed by atoms with Crippen LogP contribution in [-0.2, 0) is 7.05 Å². The Hall–Kier alpha value is -1.91. The molecule has 0 aliphatic rings. The Morgan fingerprint density at radius 2 is 2.29 bits per heavy atom. The van der Waals surface area contributed by atoms with Crippen molar-refractivity contribution in [3.05, 3.63) is 35.8 Å². The molecule has 0 amide bonds. The minimum absolute atomic E-state index is 0.252. The van der Waals surface area contributed by atoms with Gasteiger partial charge in [0.2, 0.25) is 5.82 Å². The normalized spacial score (nSPS) is 10.4. The third-order valence-electron chi connectivity index (χ3n) is 1.88. The van der Waals surface area contributed by atoms with Gasteiger partial charge in [-0.15, -0.1) is 0 Å². The van der Waals surface area contributed by atoms with Gasteiger partial charge in [-0.25, -0.2) is 9.67 Å². The zero-order valence-corrected chi connectivity index (χ0v) is 7.89. The van der Waals surface area contributed by atoms with Gasteiger partial charge in [0.05, 0.1) is 0 Å². The molecule has 72 valence electrons. The Morgan fingerprint density at radius 3 is 2.79 bits per heavy atom. The summed E-state index contributed by atoms with van der Waals surface area (Å²) in [7, 11) is 1.66. The van der Waals surface area contributed by atoms with Crippen LogP contribution in [0.5, 0.6) is 0 Å². The summed E-state index contributed by atoms with van der Waals surface area (Å²) in [6.45, 7) is 1.79. The topological polar surface area (TPSA) is 60.9 Å². The maximum Gasteiger partial charge on any atom is 0.265 e. The standard InChI is InChI=1S/C9H9N3O2/c1-6-3-4-7(14-6)8(13)9-10-5-11-12(9)2/h3-5H,1-2H3. The third kappa shape index (κ3) is 1.32. The molecule has 0 aliphatic heterocycles. The summed E-state index contributed by atoms with van der Waals surface area (Å²) >= 11 is 0. The summed E-state index contributed by atoms with van der Waals surface area (Å²) in [5, 5.41) is 3.81. The van der Waals surface area contributed by atoms with Crippen LogP contribution in [0.4, 0.5) is 0 Å². The molecule has 0 saturated heterocycles. The van der Waals surface area contributed by atoms with Gasteiger partial charge in [0.25, 0.3) is 5.78 Å². The first-order valence-corrected chi connectivity index (χ1v) is 4.13. The van der Waals surface area contributed by atoms with E-state index in [0.29, 0.717) is 11.5 Å². The second-order valence-corrected chi connectivity index (χ2v) is 2.95. The minimum atomic E-state index is -0.252. The first-order chi connectivity index (χ1) is 6.68. The van der Waals surface area contributed by atoms with Crippen LogP contribution in [0.1, 0.15) is 22.1 Å². The van der Waals surface area contributed by atoms with Crippen LogP contribution in [-0.4, -0.2) is 20.5 Å². The second-order valence-electron chi connectivity index (χ2n) is 2.95. The molecule has 2 rings (SSSR count). The summed E-state index contributed by atoms with van der Waals surface area (Å²) in [6.07, 6.45) is 1.34. The van der Waals surface area contributed by atoms with Crippen molar-refractivity contribution in [3.8, 4) is 0 Å². The number of carbonyl (C=O) groups excluding carboxylic acids is 1. The van der Waals surface area contributed by atoms with E-state index in [-0.39, 0.29) is 11.6 Å². The molecule has 0 saturated carbocycles. The first kappa shape index (κ1) is 8.68. The molecule has 0 fully saturated rings. The molecule has 0 bridgehead atoms. The summed E-state index contributed by atoms with van der Waals surface area (Å²) in [5.74, 6) is 1.02. The largest absolute Gasteiger partial charge is 0.458 e. The predicted molar refractivity (Wildman–Crippen MR) is 47.9 cm³/mol. The van der Waals surface area contributed by atoms with Crippen molar-refractivity contribution >= 4 is 5.78 Å². The highest BCUT2D eigenvalue weighted by atomic mass is 16.3. The quantitative estimate of drug-likeness (QED) is 0.663. The molecule has 0 radical (unpaired) electrons. The number of aryl methyl sites for hydroxylation is 2. The van der Waals surface area contributed by atoms with Crippen molar-refractivity contribution in [2.45, 2.75) is 6.92 Å². The van der Waals surface area contributed by atoms with E-state index < -0.39 is 0 Å². The van der Waals surface area contributed by atoms with Crippen LogP contribution in [0, 0.1) is 6.92 Å². The predicted octanol–water partition coefficient (Wildman–Crippen LogP) is 0.948. The molecule has 0 spiro atoms. The zero-order chi connectivity index (χ0) is 10.1. The highest BCUT2D eigenvalue weighted by Crippen LogP contribution is 2.10. The lowest BCUT2D eigenvalue weighted by atomic mass is 10.3. The fourth-order valence-electron chi connectivity index (χ4n) is 1.17. The Morgan fingerprint density at radius 1 is 1.50 bits per heavy atom. The number of rotatable bonds is 2. The van der Waals surface area contributed by atoms with Crippen LogP contribution in [0.2, 0.25) is 0 Å². The SMILES string of the molecule is Cc1ccc(C(=O)c2ncnn2C)o1. The number of aromatic nitrogens is 3. The van der Waals surface area contributed by atoms with Gasteiger partial charge in [0, 0.05) is 7.05 Å². The lowest BCUT2D eigenvalue weighted by Crippen LogP contribution is -2.08. The van der Waals surface area contributed by atoms with E-state index in [2.05, 4.69) is 10.1 Å². The molecule has 0 aromatic carbocycles. The van der Waals surface area contributed by atoms with E-state index in [1.807, 2.05) is 0 Å². The van der Waals surface area contributed by atoms with Crippen LogP contribution < -0.4 is 0 Å². The zero-order valence-electron chi connectivity index (χ0n) is 7.89. The number of nitrogens with zero attached hydrogens (tertiary/aromatic N) is 3. The van der Waals surface area contributed by atoms with Gasteiger partial charge in [-0.3, -0.25) is 4.79 Å². The number of furan rings is 1. The van der Waals surface area contributed by atoms with Crippen molar-refractivity contribution in [1.82, 2.24) is 14.8 Å². The van der Waals surface area contributed by atoms with Gasteiger partial charge < -0.3 is 4.42 Å². The van der Waals surface area contributed by atoms with Gasteiger partial charge in [0.1, 0.15) is 12.1 Å². The van der Waals surface area contributed by atoms with E-state index in [4.69, 9.17) is 4.42 Å². The lowest BCUT2D eigenvalue weighted by molar-refractivity contribution is 0.0994. The van der Waals surface area contributed by atoms with E-state index in [0.717, 1.165) is 0 Å². The second kappa shape index (κ2) is 3.10. The number of hydrogen-bond acceptors (Lipinski definition) is 4. The fraction of sp³-hybridized carbons (Fsp3) is 0.222. The van der Waals surface area contributed by atoms with Crippen LogP contribution >= 0.6 is 0 Å². The smallest absolute Gasteiger partial charge is 0.265 e. The molecule has 0 aliphatic carbocycles. The summed E-state index contributed by atoms with van der Waals surface area (Å²) in [5.41, 5.74) is 0. The number of hydrogen-bond donors (Lipinski definition) is 0. The van der Waals surface area contributed by atoms with Gasteiger partial charge in [-0.2, -0.15) is 5.10 Å². The van der Waals surface area contributed by atoms with Crippen molar-refractivity contribution in [2.75, 3.05) is 0 Å². The Kier molecular flexibility index (Phi) is 1.92. The highest BCUT2D eigenvalue weighted by molar-refractivity contribution is 6.04. The van der Waals surface area contributed by atoms with Crippen LogP contribution in [0.3, 0.4) is 0 Å². The van der Waals surface area contributed by atoms with Gasteiger partial charge >= 0.3 is 0 Å². The molecule has 0 N–H and O–H groups in total. The lowest BCUT2D eigenvalue weighted by Gasteiger charge is -1.95. The van der Waals surface area contributed by atoms with E-state index in [1.54, 1.807) is 26.1 Å². The molecule has 14 heavy (non-hydrogen) atoms. The number of carbonyl (C=O) groups is 1. The molecule has 5 nitrogen and oxygen atoms in total. The third-order valence-corrected chi connectivity index (χ3v) is 1.88. The Bertz CT molecular complexity index is 470. The summed E-state index contributed by atoms with van der Waals surface area (Å²) < 4.78 is 6.61. The molecule has 5 heteroatoms. The molecular weight excluding hydrogens is 182 g/mol. The first-order valence-electron chi connectivity index (χ1n) is 4.13. The van der Waals surface area contributed by atoms with Crippen LogP contribution in [0.15, 0.2) is 22.9 Å². The maximum absolute atomic E-state index is 11.7. The average Bonchev–Trinajstić information content (AvgIpc) is 2.73. The molecule has 0 atom stereocenters. The van der Waals surface area contributed by atoms with E-state index >= 15 is 0 Å². The molecular formula is C9H9N3O2.